The van der Waals surface area contributed by atoms with Gasteiger partial charge in [-0.25, -0.2) is 4.68 Å². The second kappa shape index (κ2) is 3.37. The summed E-state index contributed by atoms with van der Waals surface area (Å²) in [6.45, 7) is 0. The lowest BCUT2D eigenvalue weighted by Crippen LogP contribution is -1.92. The fraction of sp³-hybridized carbons (Fsp3) is 0.222. The molecule has 0 fully saturated rings. The lowest BCUT2D eigenvalue weighted by atomic mass is 10.1. The molecule has 0 aliphatic heterocycles. The van der Waals surface area contributed by atoms with Gasteiger partial charge in [0.15, 0.2) is 5.82 Å². The van der Waals surface area contributed by atoms with Crippen molar-refractivity contribution in [2.75, 3.05) is 0 Å². The highest BCUT2D eigenvalue weighted by molar-refractivity contribution is 5.74. The summed E-state index contributed by atoms with van der Waals surface area (Å²) < 4.78 is 1.74. The van der Waals surface area contributed by atoms with E-state index in [0.29, 0.717) is 12.2 Å². The lowest BCUT2D eigenvalue weighted by molar-refractivity contribution is 0.736. The normalized spacial score (nSPS) is 11.1. The van der Waals surface area contributed by atoms with Crippen LogP contribution in [-0.4, -0.2) is 35.6 Å². The Hall–Kier alpha value is -2.31. The van der Waals surface area contributed by atoms with Crippen LogP contribution in [0, 0.1) is 0 Å². The average molecular weight is 215 g/mol. The molecule has 0 amide bonds. The molecule has 0 saturated carbocycles. The third-order valence-electron chi connectivity index (χ3n) is 2.43. The number of hydrogen-bond acceptors (Lipinski definition) is 5. The molecule has 1 N–H and O–H groups in total. The number of hydrogen-bond donors (Lipinski definition) is 1. The van der Waals surface area contributed by atoms with Crippen molar-refractivity contribution in [1.82, 2.24) is 35.6 Å². The molecule has 0 bridgehead atoms. The van der Waals surface area contributed by atoms with Crippen LogP contribution in [0.2, 0.25) is 0 Å². The van der Waals surface area contributed by atoms with Crippen LogP contribution in [0.4, 0.5) is 0 Å². The molecule has 80 valence electrons. The lowest BCUT2D eigenvalue weighted by Gasteiger charge is -1.97. The van der Waals surface area contributed by atoms with Crippen molar-refractivity contribution in [1.29, 1.82) is 0 Å². The zero-order valence-electron chi connectivity index (χ0n) is 8.62. The predicted octanol–water partition coefficient (Wildman–Crippen LogP) is 0.0722. The molecular weight excluding hydrogens is 206 g/mol. The molecule has 7 heteroatoms. The van der Waals surface area contributed by atoms with E-state index in [4.69, 9.17) is 0 Å². The number of nitrogens with one attached hydrogen (secondary N) is 1. The number of benzene rings is 1. The van der Waals surface area contributed by atoms with Crippen molar-refractivity contribution >= 4 is 11.0 Å². The maximum absolute atomic E-state index is 4.06. The zero-order chi connectivity index (χ0) is 11.0. The molecule has 2 heterocycles. The fourth-order valence-electron chi connectivity index (χ4n) is 1.64. The average Bonchev–Trinajstić information content (AvgIpc) is 2.90. The highest BCUT2D eigenvalue weighted by Crippen LogP contribution is 2.13. The Morgan fingerprint density at radius 1 is 1.31 bits per heavy atom. The topological polar surface area (TPSA) is 85.2 Å². The first-order valence-corrected chi connectivity index (χ1v) is 4.83. The highest BCUT2D eigenvalue weighted by atomic mass is 15.5. The first-order chi connectivity index (χ1) is 7.83. The summed E-state index contributed by atoms with van der Waals surface area (Å²) in [5.74, 6) is 0.670. The van der Waals surface area contributed by atoms with Crippen LogP contribution in [0.25, 0.3) is 11.0 Å². The molecule has 0 aliphatic carbocycles. The Morgan fingerprint density at radius 3 is 3.06 bits per heavy atom. The largest absolute Gasteiger partial charge is 0.248 e. The van der Waals surface area contributed by atoms with E-state index < -0.39 is 0 Å². The number of aryl methyl sites for hydroxylation is 1. The van der Waals surface area contributed by atoms with Crippen LogP contribution in [0.15, 0.2) is 18.2 Å². The van der Waals surface area contributed by atoms with E-state index >= 15 is 0 Å². The standard InChI is InChI=1S/C9H9N7/c1-16-8-3-2-6(4-7(8)10-15-16)5-9-11-13-14-12-9/h2-4H,5H2,1H3,(H,11,12,13,14). The van der Waals surface area contributed by atoms with Gasteiger partial charge in [0.1, 0.15) is 5.52 Å². The van der Waals surface area contributed by atoms with Crippen molar-refractivity contribution in [2.24, 2.45) is 7.05 Å². The first-order valence-electron chi connectivity index (χ1n) is 4.83. The second-order valence-electron chi connectivity index (χ2n) is 3.54. The van der Waals surface area contributed by atoms with Gasteiger partial charge in [0.2, 0.25) is 0 Å². The molecule has 2 aromatic heterocycles. The number of H-pyrrole nitrogens is 1. The third-order valence-corrected chi connectivity index (χ3v) is 2.43. The summed E-state index contributed by atoms with van der Waals surface area (Å²) in [6.07, 6.45) is 0.642. The van der Waals surface area contributed by atoms with Gasteiger partial charge in [-0.2, -0.15) is 5.21 Å². The molecular formula is C9H9N7. The Bertz CT molecular complexity index is 610. The van der Waals surface area contributed by atoms with Gasteiger partial charge in [-0.1, -0.05) is 16.5 Å². The predicted molar refractivity (Wildman–Crippen MR) is 55.5 cm³/mol. The summed E-state index contributed by atoms with van der Waals surface area (Å²) in [4.78, 5) is 0. The van der Waals surface area contributed by atoms with Crippen LogP contribution >= 0.6 is 0 Å². The molecule has 1 aromatic carbocycles. The van der Waals surface area contributed by atoms with Crippen LogP contribution in [-0.2, 0) is 13.5 Å². The Morgan fingerprint density at radius 2 is 2.25 bits per heavy atom. The smallest absolute Gasteiger partial charge is 0.178 e. The maximum atomic E-state index is 4.06. The number of nitrogens with zero attached hydrogens (tertiary/aromatic N) is 6. The van der Waals surface area contributed by atoms with Gasteiger partial charge in [0.05, 0.1) is 5.52 Å². The van der Waals surface area contributed by atoms with Gasteiger partial charge in [-0.3, -0.25) is 0 Å². The molecule has 16 heavy (non-hydrogen) atoms. The van der Waals surface area contributed by atoms with Gasteiger partial charge >= 0.3 is 0 Å². The van der Waals surface area contributed by atoms with E-state index in [1.54, 1.807) is 4.68 Å². The number of aromatic amines is 1. The van der Waals surface area contributed by atoms with Crippen molar-refractivity contribution in [3.8, 4) is 0 Å². The van der Waals surface area contributed by atoms with Crippen molar-refractivity contribution in [2.45, 2.75) is 6.42 Å². The molecule has 0 atom stereocenters. The van der Waals surface area contributed by atoms with E-state index in [0.717, 1.165) is 16.6 Å². The van der Waals surface area contributed by atoms with Gasteiger partial charge in [0.25, 0.3) is 0 Å². The van der Waals surface area contributed by atoms with E-state index in [2.05, 4.69) is 30.9 Å². The number of rotatable bonds is 2. The third kappa shape index (κ3) is 1.42. The number of tetrazole rings is 1. The summed E-state index contributed by atoms with van der Waals surface area (Å²) >= 11 is 0. The molecule has 0 radical (unpaired) electrons. The van der Waals surface area contributed by atoms with Gasteiger partial charge < -0.3 is 0 Å². The second-order valence-corrected chi connectivity index (χ2v) is 3.54. The molecule has 3 rings (SSSR count). The van der Waals surface area contributed by atoms with E-state index in [1.165, 1.54) is 0 Å². The number of fused-ring (bicyclic) bond motifs is 1. The Balaban J connectivity index is 1.99. The number of aromatic nitrogens is 7. The molecule has 0 aliphatic rings. The van der Waals surface area contributed by atoms with E-state index in [1.807, 2.05) is 25.2 Å². The van der Waals surface area contributed by atoms with Gasteiger partial charge in [-0.15, -0.1) is 15.3 Å². The first kappa shape index (κ1) is 8.96. The Kier molecular flexibility index (Phi) is 1.89. The molecule has 0 spiro atoms. The molecule has 0 unspecified atom stereocenters. The minimum Gasteiger partial charge on any atom is -0.248 e. The molecule has 0 saturated heterocycles. The fourth-order valence-corrected chi connectivity index (χ4v) is 1.64. The van der Waals surface area contributed by atoms with Crippen LogP contribution in [0.3, 0.4) is 0 Å². The van der Waals surface area contributed by atoms with Crippen molar-refractivity contribution in [3.05, 3.63) is 29.6 Å². The molecule has 7 nitrogen and oxygen atoms in total. The monoisotopic (exact) mass is 215 g/mol. The summed E-state index contributed by atoms with van der Waals surface area (Å²) in [6, 6.07) is 5.99. The van der Waals surface area contributed by atoms with Crippen LogP contribution in [0.1, 0.15) is 11.4 Å². The summed E-state index contributed by atoms with van der Waals surface area (Å²) in [5.41, 5.74) is 2.98. The Labute approximate surface area is 90.5 Å². The minimum absolute atomic E-state index is 0.642. The van der Waals surface area contributed by atoms with E-state index in [-0.39, 0.29) is 0 Å². The SMILES string of the molecule is Cn1nnc2cc(Cc3nn[nH]n3)ccc21. The summed E-state index contributed by atoms with van der Waals surface area (Å²) in [5, 5.41) is 21.8. The summed E-state index contributed by atoms with van der Waals surface area (Å²) in [7, 11) is 1.87. The van der Waals surface area contributed by atoms with Crippen LogP contribution < -0.4 is 0 Å². The zero-order valence-corrected chi connectivity index (χ0v) is 8.62. The van der Waals surface area contributed by atoms with Crippen molar-refractivity contribution < 1.29 is 0 Å². The van der Waals surface area contributed by atoms with E-state index in [9.17, 15) is 0 Å². The molecule has 3 aromatic rings. The maximum Gasteiger partial charge on any atom is 0.178 e. The van der Waals surface area contributed by atoms with Crippen LogP contribution in [0.5, 0.6) is 0 Å². The van der Waals surface area contributed by atoms with Gasteiger partial charge in [0, 0.05) is 13.5 Å². The quantitative estimate of drug-likeness (QED) is 0.654. The minimum atomic E-state index is 0.642. The van der Waals surface area contributed by atoms with Crippen molar-refractivity contribution in [3.63, 3.8) is 0 Å². The highest BCUT2D eigenvalue weighted by Gasteiger charge is 2.05. The van der Waals surface area contributed by atoms with Gasteiger partial charge in [-0.05, 0) is 17.7 Å².